The van der Waals surface area contributed by atoms with E-state index >= 15 is 0 Å². The molecule has 0 aromatic heterocycles. The molecule has 1 atom stereocenters. The summed E-state index contributed by atoms with van der Waals surface area (Å²) in [5.41, 5.74) is 0. The number of hydrogen-bond acceptors (Lipinski definition) is 3. The SMILES string of the molecule is O=S(=O)(c1cc(F)c(F)cc1Br)N1CCC(O)C1. The molecule has 1 heterocycles. The minimum absolute atomic E-state index is 0.0340. The lowest BCUT2D eigenvalue weighted by Crippen LogP contribution is -2.30. The number of nitrogens with zero attached hydrogens (tertiary/aromatic N) is 1. The lowest BCUT2D eigenvalue weighted by molar-refractivity contribution is 0.189. The van der Waals surface area contributed by atoms with E-state index in [1.54, 1.807) is 0 Å². The van der Waals surface area contributed by atoms with Crippen molar-refractivity contribution >= 4 is 26.0 Å². The fourth-order valence-electron chi connectivity index (χ4n) is 1.77. The predicted molar refractivity (Wildman–Crippen MR) is 63.4 cm³/mol. The van der Waals surface area contributed by atoms with Crippen LogP contribution in [0.1, 0.15) is 6.42 Å². The molecule has 1 saturated heterocycles. The fraction of sp³-hybridized carbons (Fsp3) is 0.400. The summed E-state index contributed by atoms with van der Waals surface area (Å²) in [6, 6.07) is 1.41. The summed E-state index contributed by atoms with van der Waals surface area (Å²) in [5.74, 6) is -2.35. The summed E-state index contributed by atoms with van der Waals surface area (Å²) in [4.78, 5) is -0.337. The van der Waals surface area contributed by atoms with E-state index in [1.807, 2.05) is 0 Å². The van der Waals surface area contributed by atoms with E-state index < -0.39 is 27.8 Å². The molecular weight excluding hydrogens is 332 g/mol. The van der Waals surface area contributed by atoms with Crippen LogP contribution in [0.2, 0.25) is 0 Å². The lowest BCUT2D eigenvalue weighted by Gasteiger charge is -2.16. The van der Waals surface area contributed by atoms with E-state index in [1.165, 1.54) is 0 Å². The Morgan fingerprint density at radius 3 is 2.50 bits per heavy atom. The maximum absolute atomic E-state index is 13.1. The first-order valence-corrected chi connectivity index (χ1v) is 7.38. The third-order valence-electron chi connectivity index (χ3n) is 2.72. The molecule has 1 aromatic rings. The summed E-state index contributed by atoms with van der Waals surface area (Å²) in [6.45, 7) is 0.128. The van der Waals surface area contributed by atoms with Crippen molar-refractivity contribution < 1.29 is 22.3 Å². The summed E-state index contributed by atoms with van der Waals surface area (Å²) < 4.78 is 51.4. The molecule has 100 valence electrons. The van der Waals surface area contributed by atoms with E-state index in [0.29, 0.717) is 12.5 Å². The van der Waals surface area contributed by atoms with Gasteiger partial charge in [0.05, 0.1) is 11.0 Å². The van der Waals surface area contributed by atoms with E-state index in [-0.39, 0.29) is 22.5 Å². The fourth-order valence-corrected chi connectivity index (χ4v) is 4.25. The first-order chi connectivity index (χ1) is 8.32. The average Bonchev–Trinajstić information content (AvgIpc) is 2.70. The molecule has 1 fully saturated rings. The second kappa shape index (κ2) is 4.84. The van der Waals surface area contributed by atoms with Crippen molar-refractivity contribution in [1.82, 2.24) is 4.31 Å². The van der Waals surface area contributed by atoms with Crippen LogP contribution < -0.4 is 0 Å². The Balaban J connectivity index is 2.45. The van der Waals surface area contributed by atoms with Crippen LogP contribution in [0.5, 0.6) is 0 Å². The van der Waals surface area contributed by atoms with Crippen molar-refractivity contribution in [3.63, 3.8) is 0 Å². The number of aliphatic hydroxyl groups excluding tert-OH is 1. The molecule has 0 saturated carbocycles. The number of aliphatic hydroxyl groups is 1. The van der Waals surface area contributed by atoms with Gasteiger partial charge in [-0.1, -0.05) is 0 Å². The van der Waals surface area contributed by atoms with Gasteiger partial charge in [-0.3, -0.25) is 0 Å². The van der Waals surface area contributed by atoms with Crippen molar-refractivity contribution in [3.05, 3.63) is 28.2 Å². The highest BCUT2D eigenvalue weighted by Crippen LogP contribution is 2.29. The normalized spacial score (nSPS) is 21.4. The zero-order valence-corrected chi connectivity index (χ0v) is 11.5. The topological polar surface area (TPSA) is 57.6 Å². The van der Waals surface area contributed by atoms with Crippen LogP contribution in [0.3, 0.4) is 0 Å². The van der Waals surface area contributed by atoms with E-state index in [2.05, 4.69) is 15.9 Å². The predicted octanol–water partition coefficient (Wildman–Crippen LogP) is 1.48. The second-order valence-corrected chi connectivity index (χ2v) is 6.76. The van der Waals surface area contributed by atoms with Gasteiger partial charge in [0.15, 0.2) is 11.6 Å². The number of hydrogen-bond donors (Lipinski definition) is 1. The van der Waals surface area contributed by atoms with Crippen molar-refractivity contribution in [2.75, 3.05) is 13.1 Å². The number of β-amino-alcohol motifs (C(OH)–C–C–N with tert-alkyl or cyclic N) is 1. The summed E-state index contributed by atoms with van der Waals surface area (Å²) in [6.07, 6.45) is -0.385. The highest BCUT2D eigenvalue weighted by Gasteiger charge is 2.33. The minimum atomic E-state index is -3.92. The van der Waals surface area contributed by atoms with E-state index in [0.717, 1.165) is 10.4 Å². The van der Waals surface area contributed by atoms with Crippen LogP contribution in [0.25, 0.3) is 0 Å². The smallest absolute Gasteiger partial charge is 0.244 e. The molecule has 0 spiro atoms. The molecule has 8 heteroatoms. The zero-order chi connectivity index (χ0) is 13.5. The third-order valence-corrected chi connectivity index (χ3v) is 5.54. The van der Waals surface area contributed by atoms with Crippen LogP contribution in [-0.4, -0.2) is 37.0 Å². The monoisotopic (exact) mass is 341 g/mol. The number of benzene rings is 1. The van der Waals surface area contributed by atoms with Gasteiger partial charge in [0.25, 0.3) is 0 Å². The average molecular weight is 342 g/mol. The number of sulfonamides is 1. The first-order valence-electron chi connectivity index (χ1n) is 5.15. The molecule has 2 rings (SSSR count). The highest BCUT2D eigenvalue weighted by atomic mass is 79.9. The standard InChI is InChI=1S/C10H10BrF2NO3S/c11-7-3-8(12)9(13)4-10(7)18(16,17)14-2-1-6(15)5-14/h3-4,6,15H,1-2,5H2. The Hall–Kier alpha value is -0.570. The molecule has 1 aliphatic heterocycles. The molecule has 1 aliphatic rings. The Morgan fingerprint density at radius 2 is 1.94 bits per heavy atom. The van der Waals surface area contributed by atoms with Gasteiger partial charge in [0, 0.05) is 17.6 Å². The zero-order valence-electron chi connectivity index (χ0n) is 9.11. The van der Waals surface area contributed by atoms with Gasteiger partial charge >= 0.3 is 0 Å². The molecule has 1 unspecified atom stereocenters. The van der Waals surface area contributed by atoms with Gasteiger partial charge in [0.1, 0.15) is 0 Å². The molecule has 0 bridgehead atoms. The molecule has 0 radical (unpaired) electrons. The van der Waals surface area contributed by atoms with Gasteiger partial charge in [-0.2, -0.15) is 4.31 Å². The Kier molecular flexibility index (Phi) is 3.72. The summed E-state index contributed by atoms with van der Waals surface area (Å²) >= 11 is 2.90. The van der Waals surface area contributed by atoms with Crippen LogP contribution in [-0.2, 0) is 10.0 Å². The third kappa shape index (κ3) is 2.42. The summed E-state index contributed by atoms with van der Waals surface area (Å²) in [5, 5.41) is 9.33. The van der Waals surface area contributed by atoms with E-state index in [9.17, 15) is 22.3 Å². The Labute approximate surface area is 111 Å². The number of halogens is 3. The van der Waals surface area contributed by atoms with Gasteiger partial charge in [-0.05, 0) is 34.5 Å². The van der Waals surface area contributed by atoms with Crippen molar-refractivity contribution in [2.24, 2.45) is 0 Å². The summed E-state index contributed by atoms with van der Waals surface area (Å²) in [7, 11) is -3.92. The minimum Gasteiger partial charge on any atom is -0.392 e. The van der Waals surface area contributed by atoms with Crippen LogP contribution >= 0.6 is 15.9 Å². The largest absolute Gasteiger partial charge is 0.392 e. The molecule has 4 nitrogen and oxygen atoms in total. The van der Waals surface area contributed by atoms with Crippen LogP contribution in [0.15, 0.2) is 21.5 Å². The molecule has 1 aromatic carbocycles. The Morgan fingerprint density at radius 1 is 1.33 bits per heavy atom. The van der Waals surface area contributed by atoms with Crippen LogP contribution in [0.4, 0.5) is 8.78 Å². The molecule has 0 aliphatic carbocycles. The molecular formula is C10H10BrF2NO3S. The van der Waals surface area contributed by atoms with E-state index in [4.69, 9.17) is 0 Å². The molecule has 18 heavy (non-hydrogen) atoms. The lowest BCUT2D eigenvalue weighted by atomic mass is 10.3. The maximum Gasteiger partial charge on any atom is 0.244 e. The molecule has 1 N–H and O–H groups in total. The highest BCUT2D eigenvalue weighted by molar-refractivity contribution is 9.10. The Bertz CT molecular complexity index is 579. The van der Waals surface area contributed by atoms with Gasteiger partial charge in [0.2, 0.25) is 10.0 Å². The van der Waals surface area contributed by atoms with Crippen molar-refractivity contribution in [1.29, 1.82) is 0 Å². The van der Waals surface area contributed by atoms with Crippen molar-refractivity contribution in [3.8, 4) is 0 Å². The van der Waals surface area contributed by atoms with Gasteiger partial charge < -0.3 is 5.11 Å². The second-order valence-electron chi connectivity index (χ2n) is 4.00. The van der Waals surface area contributed by atoms with Gasteiger partial charge in [-0.25, -0.2) is 17.2 Å². The maximum atomic E-state index is 13.1. The van der Waals surface area contributed by atoms with Crippen molar-refractivity contribution in [2.45, 2.75) is 17.4 Å². The van der Waals surface area contributed by atoms with Crippen LogP contribution in [0, 0.1) is 11.6 Å². The quantitative estimate of drug-likeness (QED) is 0.829. The van der Waals surface area contributed by atoms with Gasteiger partial charge in [-0.15, -0.1) is 0 Å². The first kappa shape index (κ1) is 13.9. The number of rotatable bonds is 2. The molecule has 0 amide bonds.